The van der Waals surface area contributed by atoms with Crippen LogP contribution in [0.15, 0.2) is 47.8 Å². The lowest BCUT2D eigenvalue weighted by atomic mass is 10.1. The number of aromatic nitrogens is 2. The highest BCUT2D eigenvalue weighted by molar-refractivity contribution is 7.17. The zero-order chi connectivity index (χ0) is 19.0. The van der Waals surface area contributed by atoms with E-state index in [1.807, 2.05) is 19.1 Å². The average molecular weight is 375 g/mol. The summed E-state index contributed by atoms with van der Waals surface area (Å²) in [4.78, 5) is 10.4. The standard InChI is InChI=1S/C22H21N3OS/c1-13-6-5-7-14(2)20(13)25-21-19-18(12-27-22(19)24-15(3)23-21)16-8-10-17(26-4)11-9-16/h5-12H,1-4H3,(H,23,24,25). The van der Waals surface area contributed by atoms with E-state index in [2.05, 4.69) is 59.9 Å². The van der Waals surface area contributed by atoms with Gasteiger partial charge in [0, 0.05) is 16.6 Å². The lowest BCUT2D eigenvalue weighted by Gasteiger charge is -2.14. The van der Waals surface area contributed by atoms with Gasteiger partial charge in [0.1, 0.15) is 22.2 Å². The van der Waals surface area contributed by atoms with Crippen molar-refractivity contribution < 1.29 is 4.74 Å². The molecule has 27 heavy (non-hydrogen) atoms. The molecule has 2 heterocycles. The van der Waals surface area contributed by atoms with Crippen LogP contribution < -0.4 is 10.1 Å². The number of benzene rings is 2. The van der Waals surface area contributed by atoms with Crippen molar-refractivity contribution in [3.05, 3.63) is 64.8 Å². The molecule has 0 aliphatic carbocycles. The maximum absolute atomic E-state index is 5.28. The summed E-state index contributed by atoms with van der Waals surface area (Å²) < 4.78 is 5.28. The minimum absolute atomic E-state index is 0.763. The highest BCUT2D eigenvalue weighted by atomic mass is 32.1. The number of hydrogen-bond donors (Lipinski definition) is 1. The van der Waals surface area contributed by atoms with E-state index in [4.69, 9.17) is 9.72 Å². The molecule has 0 saturated carbocycles. The molecule has 5 heteroatoms. The fraction of sp³-hybridized carbons (Fsp3) is 0.182. The van der Waals surface area contributed by atoms with Crippen molar-refractivity contribution >= 4 is 33.1 Å². The van der Waals surface area contributed by atoms with Gasteiger partial charge in [-0.2, -0.15) is 0 Å². The van der Waals surface area contributed by atoms with Crippen molar-refractivity contribution in [1.29, 1.82) is 0 Å². The monoisotopic (exact) mass is 375 g/mol. The number of nitrogens with one attached hydrogen (secondary N) is 1. The van der Waals surface area contributed by atoms with Crippen LogP contribution in [-0.2, 0) is 0 Å². The number of methoxy groups -OCH3 is 1. The van der Waals surface area contributed by atoms with Crippen LogP contribution in [-0.4, -0.2) is 17.1 Å². The molecule has 2 aromatic carbocycles. The molecule has 2 aromatic heterocycles. The second kappa shape index (κ2) is 7.00. The summed E-state index contributed by atoms with van der Waals surface area (Å²) in [6.45, 7) is 6.15. The second-order valence-electron chi connectivity index (χ2n) is 6.57. The molecule has 0 bridgehead atoms. The van der Waals surface area contributed by atoms with Crippen LogP contribution >= 0.6 is 11.3 Å². The van der Waals surface area contributed by atoms with E-state index in [0.29, 0.717) is 0 Å². The molecule has 0 unspecified atom stereocenters. The largest absolute Gasteiger partial charge is 0.497 e. The molecule has 136 valence electrons. The van der Waals surface area contributed by atoms with Crippen LogP contribution in [0.5, 0.6) is 5.75 Å². The third-order valence-electron chi connectivity index (χ3n) is 4.67. The van der Waals surface area contributed by atoms with Gasteiger partial charge in [-0.3, -0.25) is 0 Å². The number of nitrogens with zero attached hydrogens (tertiary/aromatic N) is 2. The van der Waals surface area contributed by atoms with Crippen molar-refractivity contribution in [2.45, 2.75) is 20.8 Å². The molecule has 0 amide bonds. The van der Waals surface area contributed by atoms with E-state index in [9.17, 15) is 0 Å². The van der Waals surface area contributed by atoms with Gasteiger partial charge < -0.3 is 10.1 Å². The average Bonchev–Trinajstić information content (AvgIpc) is 3.08. The molecule has 0 spiro atoms. The second-order valence-corrected chi connectivity index (χ2v) is 7.43. The Kier molecular flexibility index (Phi) is 4.54. The van der Waals surface area contributed by atoms with Crippen LogP contribution in [0.3, 0.4) is 0 Å². The topological polar surface area (TPSA) is 47.0 Å². The van der Waals surface area contributed by atoms with Crippen LogP contribution in [0.25, 0.3) is 21.3 Å². The minimum Gasteiger partial charge on any atom is -0.497 e. The van der Waals surface area contributed by atoms with Gasteiger partial charge in [-0.1, -0.05) is 30.3 Å². The SMILES string of the molecule is COc1ccc(-c2csc3nc(C)nc(Nc4c(C)cccc4C)c23)cc1. The Labute approximate surface area is 162 Å². The number of rotatable bonds is 4. The first-order valence-corrected chi connectivity index (χ1v) is 9.68. The lowest BCUT2D eigenvalue weighted by Crippen LogP contribution is -2.01. The molecule has 1 N–H and O–H groups in total. The maximum Gasteiger partial charge on any atom is 0.143 e. The van der Waals surface area contributed by atoms with E-state index in [0.717, 1.165) is 44.4 Å². The van der Waals surface area contributed by atoms with Gasteiger partial charge in [0.25, 0.3) is 0 Å². The summed E-state index contributed by atoms with van der Waals surface area (Å²) in [6.07, 6.45) is 0. The van der Waals surface area contributed by atoms with Gasteiger partial charge in [0.15, 0.2) is 0 Å². The number of ether oxygens (including phenoxy) is 1. The Hall–Kier alpha value is -2.92. The number of anilines is 2. The molecule has 0 radical (unpaired) electrons. The summed E-state index contributed by atoms with van der Waals surface area (Å²) in [7, 11) is 1.68. The van der Waals surface area contributed by atoms with E-state index in [1.54, 1.807) is 18.4 Å². The molecule has 4 rings (SSSR count). The highest BCUT2D eigenvalue weighted by Gasteiger charge is 2.16. The van der Waals surface area contributed by atoms with Crippen LogP contribution in [0.4, 0.5) is 11.5 Å². The quantitative estimate of drug-likeness (QED) is 0.473. The van der Waals surface area contributed by atoms with Gasteiger partial charge in [-0.25, -0.2) is 9.97 Å². The third kappa shape index (κ3) is 3.26. The summed E-state index contributed by atoms with van der Waals surface area (Å²) in [5, 5.41) is 6.78. The van der Waals surface area contributed by atoms with Gasteiger partial charge in [0.2, 0.25) is 0 Å². The van der Waals surface area contributed by atoms with Gasteiger partial charge >= 0.3 is 0 Å². The number of fused-ring (bicyclic) bond motifs is 1. The molecule has 0 atom stereocenters. The Bertz CT molecular complexity index is 1100. The van der Waals surface area contributed by atoms with Crippen molar-refractivity contribution in [2.24, 2.45) is 0 Å². The Morgan fingerprint density at radius 3 is 2.30 bits per heavy atom. The summed E-state index contributed by atoms with van der Waals surface area (Å²) in [5.41, 5.74) is 5.75. The molecular weight excluding hydrogens is 354 g/mol. The number of hydrogen-bond acceptors (Lipinski definition) is 5. The van der Waals surface area contributed by atoms with E-state index < -0.39 is 0 Å². The Morgan fingerprint density at radius 2 is 1.63 bits per heavy atom. The van der Waals surface area contributed by atoms with Gasteiger partial charge in [0.05, 0.1) is 12.5 Å². The highest BCUT2D eigenvalue weighted by Crippen LogP contribution is 2.39. The summed E-state index contributed by atoms with van der Waals surface area (Å²) in [5.74, 6) is 2.46. The molecular formula is C22H21N3OS. The molecule has 0 aliphatic heterocycles. The van der Waals surface area contributed by atoms with Crippen molar-refractivity contribution in [3.8, 4) is 16.9 Å². The molecule has 4 nitrogen and oxygen atoms in total. The smallest absolute Gasteiger partial charge is 0.143 e. The van der Waals surface area contributed by atoms with E-state index >= 15 is 0 Å². The molecule has 0 saturated heterocycles. The lowest BCUT2D eigenvalue weighted by molar-refractivity contribution is 0.415. The first kappa shape index (κ1) is 17.5. The molecule has 0 aliphatic rings. The number of thiophene rings is 1. The maximum atomic E-state index is 5.28. The molecule has 0 fully saturated rings. The van der Waals surface area contributed by atoms with Gasteiger partial charge in [-0.05, 0) is 49.6 Å². The van der Waals surface area contributed by atoms with Gasteiger partial charge in [-0.15, -0.1) is 11.3 Å². The first-order valence-electron chi connectivity index (χ1n) is 8.80. The number of aryl methyl sites for hydroxylation is 3. The predicted molar refractivity (Wildman–Crippen MR) is 113 cm³/mol. The van der Waals surface area contributed by atoms with Crippen LogP contribution in [0, 0.1) is 20.8 Å². The van der Waals surface area contributed by atoms with Crippen molar-refractivity contribution in [3.63, 3.8) is 0 Å². The summed E-state index contributed by atoms with van der Waals surface area (Å²) >= 11 is 1.64. The Morgan fingerprint density at radius 1 is 0.926 bits per heavy atom. The van der Waals surface area contributed by atoms with E-state index in [-0.39, 0.29) is 0 Å². The van der Waals surface area contributed by atoms with Crippen molar-refractivity contribution in [2.75, 3.05) is 12.4 Å². The fourth-order valence-corrected chi connectivity index (χ4v) is 4.24. The zero-order valence-corrected chi connectivity index (χ0v) is 16.6. The third-order valence-corrected chi connectivity index (χ3v) is 5.54. The zero-order valence-electron chi connectivity index (χ0n) is 15.8. The van der Waals surface area contributed by atoms with Crippen LogP contribution in [0.1, 0.15) is 17.0 Å². The van der Waals surface area contributed by atoms with E-state index in [1.165, 1.54) is 11.1 Å². The van der Waals surface area contributed by atoms with Crippen molar-refractivity contribution in [1.82, 2.24) is 9.97 Å². The summed E-state index contributed by atoms with van der Waals surface area (Å²) in [6, 6.07) is 14.4. The fourth-order valence-electron chi connectivity index (χ4n) is 3.25. The normalized spacial score (nSPS) is 11.0. The van der Waals surface area contributed by atoms with Crippen LogP contribution in [0.2, 0.25) is 0 Å². The predicted octanol–water partition coefficient (Wildman–Crippen LogP) is 6.04. The Balaban J connectivity index is 1.88. The number of para-hydroxylation sites is 1. The molecule has 4 aromatic rings. The minimum atomic E-state index is 0.763. The first-order chi connectivity index (χ1) is 13.1.